The Bertz CT molecular complexity index is 341. The molecular weight excluding hydrogens is 178 g/mol. The van der Waals surface area contributed by atoms with Gasteiger partial charge in [-0.1, -0.05) is 5.73 Å². The fourth-order valence-corrected chi connectivity index (χ4v) is 1.11. The van der Waals surface area contributed by atoms with Gasteiger partial charge in [0, 0.05) is 12.8 Å². The number of hydrogen-bond donors (Lipinski definition) is 0. The molecule has 66 valence electrons. The Labute approximate surface area is 81.3 Å². The monoisotopic (exact) mass is 189 g/mol. The average molecular weight is 189 g/mol. The van der Waals surface area contributed by atoms with Crippen molar-refractivity contribution in [2.45, 2.75) is 13.8 Å². The van der Waals surface area contributed by atoms with E-state index in [0.29, 0.717) is 5.32 Å². The van der Waals surface area contributed by atoms with Crippen LogP contribution in [0, 0.1) is 0 Å². The number of hydrogen-bond acceptors (Lipinski definition) is 2. The topological polar surface area (TPSA) is 21.6 Å². The number of nitrogens with zero attached hydrogens (tertiary/aromatic N) is 1. The summed E-state index contributed by atoms with van der Waals surface area (Å²) >= 11 is 0. The van der Waals surface area contributed by atoms with Gasteiger partial charge in [-0.05, 0) is 37.6 Å². The number of aliphatic imine (C=N–C) groups is 1. The molecule has 0 spiro atoms. The van der Waals surface area contributed by atoms with Crippen LogP contribution in [0.4, 0.5) is 0 Å². The van der Waals surface area contributed by atoms with Crippen LogP contribution < -0.4 is 0 Å². The van der Waals surface area contributed by atoms with Crippen LogP contribution in [0.3, 0.4) is 0 Å². The Morgan fingerprint density at radius 2 is 2.08 bits per heavy atom. The van der Waals surface area contributed by atoms with Crippen LogP contribution in [-0.2, 0) is 4.43 Å². The van der Waals surface area contributed by atoms with E-state index in [0.717, 1.165) is 5.71 Å². The predicted octanol–water partition coefficient (Wildman–Crippen LogP) is 1.82. The summed E-state index contributed by atoms with van der Waals surface area (Å²) in [6.07, 6.45) is 0. The maximum Gasteiger partial charge on any atom is 0.302 e. The zero-order valence-corrected chi connectivity index (χ0v) is 9.06. The van der Waals surface area contributed by atoms with E-state index in [4.69, 9.17) is 4.43 Å². The van der Waals surface area contributed by atoms with Crippen molar-refractivity contribution in [3.63, 3.8) is 0 Å². The molecule has 3 heteroatoms. The van der Waals surface area contributed by atoms with Crippen molar-refractivity contribution >= 4 is 15.5 Å². The van der Waals surface area contributed by atoms with E-state index in [1.165, 1.54) is 0 Å². The maximum atomic E-state index is 4.95. The molecular formula is C10H11NOSi. The third kappa shape index (κ3) is 7.08. The molecule has 0 N–H and O–H groups in total. The van der Waals surface area contributed by atoms with Gasteiger partial charge in [0.25, 0.3) is 0 Å². The third-order valence-corrected chi connectivity index (χ3v) is 1.50. The van der Waals surface area contributed by atoms with Crippen molar-refractivity contribution in [2.75, 3.05) is 7.11 Å². The summed E-state index contributed by atoms with van der Waals surface area (Å²) in [7, 11) is 1.80. The zero-order chi connectivity index (χ0) is 10.1. The average Bonchev–Trinajstić information content (AvgIpc) is 2.04. The Hall–Kier alpha value is -1.29. The Morgan fingerprint density at radius 3 is 2.54 bits per heavy atom. The summed E-state index contributed by atoms with van der Waals surface area (Å²) < 4.78 is 4.95. The molecule has 0 fully saturated rings. The molecule has 0 aliphatic heterocycles. The standard InChI is InChI=1S/C10H11NOSi/c1-5-6-7-8-10(13-12-4)11-9(2)3/h1H2,2-4H3. The van der Waals surface area contributed by atoms with E-state index < -0.39 is 0 Å². The molecule has 0 amide bonds. The molecule has 0 unspecified atom stereocenters. The summed E-state index contributed by atoms with van der Waals surface area (Å²) in [5, 5.41) is 0.713. The largest absolute Gasteiger partial charge is 0.413 e. The lowest BCUT2D eigenvalue weighted by molar-refractivity contribution is 0.447. The highest BCUT2D eigenvalue weighted by molar-refractivity contribution is 6.38. The van der Waals surface area contributed by atoms with E-state index in [1.807, 2.05) is 13.8 Å². The highest BCUT2D eigenvalue weighted by Crippen LogP contribution is 1.92. The van der Waals surface area contributed by atoms with E-state index in [1.54, 1.807) is 7.11 Å². The highest BCUT2D eigenvalue weighted by Gasteiger charge is 1.94. The quantitative estimate of drug-likeness (QED) is 0.377. The summed E-state index contributed by atoms with van der Waals surface area (Å²) in [6.45, 7) is 7.17. The zero-order valence-electron chi connectivity index (χ0n) is 8.06. The molecule has 0 bridgehead atoms. The second-order valence-corrected chi connectivity index (χ2v) is 3.35. The molecule has 0 aromatic rings. The second-order valence-electron chi connectivity index (χ2n) is 2.27. The van der Waals surface area contributed by atoms with Crippen molar-refractivity contribution in [3.8, 4) is 0 Å². The Morgan fingerprint density at radius 1 is 1.38 bits per heavy atom. The van der Waals surface area contributed by atoms with E-state index in [2.05, 4.69) is 34.5 Å². The van der Waals surface area contributed by atoms with E-state index in [-0.39, 0.29) is 9.76 Å². The molecule has 0 saturated heterocycles. The van der Waals surface area contributed by atoms with Crippen LogP contribution in [-0.4, -0.2) is 22.6 Å². The molecule has 2 radical (unpaired) electrons. The molecule has 0 aromatic carbocycles. The Balaban J connectivity index is 5.03. The van der Waals surface area contributed by atoms with Gasteiger partial charge >= 0.3 is 9.76 Å². The molecule has 0 aliphatic rings. The SMILES string of the molecule is C=C=C=C=C=C(N=C(C)C)[Si]OC. The summed E-state index contributed by atoms with van der Waals surface area (Å²) in [5.74, 6) is 0. The van der Waals surface area contributed by atoms with Gasteiger partial charge in [-0.25, -0.2) is 0 Å². The van der Waals surface area contributed by atoms with Crippen LogP contribution in [0.2, 0.25) is 0 Å². The van der Waals surface area contributed by atoms with Crippen LogP contribution in [0.5, 0.6) is 0 Å². The number of rotatable bonds is 3. The van der Waals surface area contributed by atoms with Gasteiger partial charge in [0.05, 0.1) is 0 Å². The van der Waals surface area contributed by atoms with Crippen molar-refractivity contribution in [3.05, 3.63) is 34.8 Å². The van der Waals surface area contributed by atoms with Gasteiger partial charge < -0.3 is 4.43 Å². The van der Waals surface area contributed by atoms with Crippen molar-refractivity contribution in [2.24, 2.45) is 4.99 Å². The molecule has 0 aliphatic carbocycles. The minimum Gasteiger partial charge on any atom is -0.413 e. The molecule has 0 atom stereocenters. The molecule has 0 aromatic heterocycles. The first-order chi connectivity index (χ1) is 6.20. The smallest absolute Gasteiger partial charge is 0.302 e. The van der Waals surface area contributed by atoms with Gasteiger partial charge in [-0.2, -0.15) is 0 Å². The molecule has 2 nitrogen and oxygen atoms in total. The summed E-state index contributed by atoms with van der Waals surface area (Å²) in [4.78, 5) is 4.20. The lowest BCUT2D eigenvalue weighted by Crippen LogP contribution is -1.97. The fraction of sp³-hybridized carbons (Fsp3) is 0.300. The minimum absolute atomic E-state index is 0.177. The third-order valence-electron chi connectivity index (χ3n) is 0.866. The van der Waals surface area contributed by atoms with Crippen LogP contribution in [0.1, 0.15) is 13.8 Å². The highest BCUT2D eigenvalue weighted by atomic mass is 28.2. The minimum atomic E-state index is 0.177. The normalized spacial score (nSPS) is 7.31. The first kappa shape index (κ1) is 11.7. The molecule has 13 heavy (non-hydrogen) atoms. The lowest BCUT2D eigenvalue weighted by atomic mass is 10.5. The summed E-state index contributed by atoms with van der Waals surface area (Å²) in [6, 6.07) is 0. The van der Waals surface area contributed by atoms with Crippen molar-refractivity contribution < 1.29 is 4.43 Å². The fourth-order valence-electron chi connectivity index (χ4n) is 0.531. The first-order valence-corrected chi connectivity index (χ1v) is 4.57. The van der Waals surface area contributed by atoms with E-state index in [9.17, 15) is 0 Å². The molecule has 0 heterocycles. The lowest BCUT2D eigenvalue weighted by Gasteiger charge is -1.93. The first-order valence-electron chi connectivity index (χ1n) is 3.66. The van der Waals surface area contributed by atoms with Gasteiger partial charge in [0.2, 0.25) is 0 Å². The molecule has 0 saturated carbocycles. The van der Waals surface area contributed by atoms with Gasteiger partial charge in [0.1, 0.15) is 5.32 Å². The van der Waals surface area contributed by atoms with Gasteiger partial charge in [-0.3, -0.25) is 4.99 Å². The van der Waals surface area contributed by atoms with Gasteiger partial charge in [0.15, 0.2) is 0 Å². The molecule has 0 rings (SSSR count). The van der Waals surface area contributed by atoms with Gasteiger partial charge in [-0.15, -0.1) is 0 Å². The Kier molecular flexibility index (Phi) is 6.63. The second kappa shape index (κ2) is 7.36. The van der Waals surface area contributed by atoms with Crippen LogP contribution in [0.25, 0.3) is 0 Å². The summed E-state index contributed by atoms with van der Waals surface area (Å²) in [5.41, 5.74) is 11.4. The van der Waals surface area contributed by atoms with Crippen molar-refractivity contribution in [1.82, 2.24) is 0 Å². The van der Waals surface area contributed by atoms with Crippen molar-refractivity contribution in [1.29, 1.82) is 0 Å². The maximum absolute atomic E-state index is 4.95. The van der Waals surface area contributed by atoms with Crippen LogP contribution >= 0.6 is 0 Å². The van der Waals surface area contributed by atoms with E-state index >= 15 is 0 Å². The van der Waals surface area contributed by atoms with Crippen LogP contribution in [0.15, 0.2) is 39.8 Å². The predicted molar refractivity (Wildman–Crippen MR) is 54.7 cm³/mol.